The number of benzene rings is 1. The number of halogens is 1. The van der Waals surface area contributed by atoms with E-state index in [9.17, 15) is 0 Å². The van der Waals surface area contributed by atoms with Crippen LogP contribution in [0.15, 0.2) is 30.3 Å². The van der Waals surface area contributed by atoms with Crippen LogP contribution < -0.4 is 10.5 Å². The molecule has 0 amide bonds. The van der Waals surface area contributed by atoms with Crippen molar-refractivity contribution in [3.63, 3.8) is 0 Å². The van der Waals surface area contributed by atoms with E-state index in [-0.39, 0.29) is 12.4 Å². The van der Waals surface area contributed by atoms with Crippen molar-refractivity contribution in [2.75, 3.05) is 0 Å². The van der Waals surface area contributed by atoms with E-state index in [4.69, 9.17) is 10.5 Å². The Labute approximate surface area is 90.9 Å². The van der Waals surface area contributed by atoms with Gasteiger partial charge in [0.1, 0.15) is 5.75 Å². The summed E-state index contributed by atoms with van der Waals surface area (Å²) < 4.78 is 5.74. The Balaban J connectivity index is 0.000000980. The second-order valence-electron chi connectivity index (χ2n) is 3.69. The number of nitrogens with two attached hydrogens (primary N) is 1. The lowest BCUT2D eigenvalue weighted by Gasteiger charge is -2.25. The van der Waals surface area contributed by atoms with Crippen LogP contribution in [0, 0.1) is 0 Å². The van der Waals surface area contributed by atoms with E-state index in [1.807, 2.05) is 30.3 Å². The van der Waals surface area contributed by atoms with Gasteiger partial charge >= 0.3 is 0 Å². The van der Waals surface area contributed by atoms with E-state index >= 15 is 0 Å². The standard InChI is InChI=1S/C11H15NO.ClH/c12-11(8-4-5-9-11)13-10-6-2-1-3-7-10;/h1-3,6-7H,4-5,8-9,12H2;1H. The van der Waals surface area contributed by atoms with Crippen LogP contribution in [-0.4, -0.2) is 5.72 Å². The maximum absolute atomic E-state index is 6.07. The monoisotopic (exact) mass is 213 g/mol. The molecule has 0 aliphatic heterocycles. The summed E-state index contributed by atoms with van der Waals surface area (Å²) in [5.41, 5.74) is 5.67. The number of rotatable bonds is 2. The number of hydrogen-bond acceptors (Lipinski definition) is 2. The Kier molecular flexibility index (Phi) is 3.78. The van der Waals surface area contributed by atoms with Crippen molar-refractivity contribution in [3.8, 4) is 5.75 Å². The van der Waals surface area contributed by atoms with Gasteiger partial charge in [-0.25, -0.2) is 0 Å². The van der Waals surface area contributed by atoms with Gasteiger partial charge in [0, 0.05) is 12.8 Å². The molecule has 0 heterocycles. The quantitative estimate of drug-likeness (QED) is 0.767. The molecule has 0 aromatic heterocycles. The third-order valence-electron chi connectivity index (χ3n) is 2.51. The van der Waals surface area contributed by atoms with Crippen LogP contribution in [0.25, 0.3) is 0 Å². The van der Waals surface area contributed by atoms with Gasteiger partial charge < -0.3 is 4.74 Å². The van der Waals surface area contributed by atoms with Crippen LogP contribution in [0.5, 0.6) is 5.75 Å². The van der Waals surface area contributed by atoms with Crippen molar-refractivity contribution in [2.45, 2.75) is 31.4 Å². The Morgan fingerprint density at radius 2 is 1.64 bits per heavy atom. The van der Waals surface area contributed by atoms with Crippen molar-refractivity contribution >= 4 is 12.4 Å². The summed E-state index contributed by atoms with van der Waals surface area (Å²) in [4.78, 5) is 0. The van der Waals surface area contributed by atoms with Gasteiger partial charge in [-0.2, -0.15) is 0 Å². The van der Waals surface area contributed by atoms with Crippen LogP contribution in [0.2, 0.25) is 0 Å². The minimum atomic E-state index is -0.401. The molecule has 1 fully saturated rings. The first kappa shape index (κ1) is 11.3. The maximum atomic E-state index is 6.07. The summed E-state index contributed by atoms with van der Waals surface area (Å²) in [7, 11) is 0. The zero-order valence-corrected chi connectivity index (χ0v) is 8.93. The molecule has 0 atom stereocenters. The molecule has 1 aromatic rings. The molecular formula is C11H16ClNO. The highest BCUT2D eigenvalue weighted by molar-refractivity contribution is 5.85. The maximum Gasteiger partial charge on any atom is 0.158 e. The normalized spacial score (nSPS) is 18.6. The first-order valence-electron chi connectivity index (χ1n) is 4.81. The van der Waals surface area contributed by atoms with Crippen molar-refractivity contribution in [2.24, 2.45) is 5.73 Å². The molecule has 2 rings (SSSR count). The smallest absolute Gasteiger partial charge is 0.158 e. The average molecular weight is 214 g/mol. The zero-order valence-electron chi connectivity index (χ0n) is 8.11. The van der Waals surface area contributed by atoms with Crippen molar-refractivity contribution < 1.29 is 4.74 Å². The van der Waals surface area contributed by atoms with Crippen molar-refractivity contribution in [1.82, 2.24) is 0 Å². The first-order valence-corrected chi connectivity index (χ1v) is 4.81. The predicted molar refractivity (Wildman–Crippen MR) is 59.7 cm³/mol. The molecule has 0 unspecified atom stereocenters. The molecular weight excluding hydrogens is 198 g/mol. The Morgan fingerprint density at radius 1 is 1.07 bits per heavy atom. The topological polar surface area (TPSA) is 35.2 Å². The average Bonchev–Trinajstić information content (AvgIpc) is 2.54. The van der Waals surface area contributed by atoms with Crippen LogP contribution in [0.4, 0.5) is 0 Å². The van der Waals surface area contributed by atoms with Crippen LogP contribution in [0.1, 0.15) is 25.7 Å². The molecule has 1 saturated carbocycles. The lowest BCUT2D eigenvalue weighted by Crippen LogP contribution is -2.42. The fourth-order valence-corrected chi connectivity index (χ4v) is 1.80. The molecule has 1 aliphatic rings. The van der Waals surface area contributed by atoms with E-state index < -0.39 is 5.72 Å². The van der Waals surface area contributed by atoms with Crippen LogP contribution >= 0.6 is 12.4 Å². The number of hydrogen-bond donors (Lipinski definition) is 1. The largest absolute Gasteiger partial charge is 0.473 e. The van der Waals surface area contributed by atoms with Gasteiger partial charge in [-0.15, -0.1) is 12.4 Å². The number of para-hydroxylation sites is 1. The van der Waals surface area contributed by atoms with E-state index in [0.717, 1.165) is 18.6 Å². The summed E-state index contributed by atoms with van der Waals surface area (Å²) in [6.45, 7) is 0. The molecule has 1 aromatic carbocycles. The summed E-state index contributed by atoms with van der Waals surface area (Å²) in [6, 6.07) is 9.81. The van der Waals surface area contributed by atoms with Gasteiger partial charge in [-0.05, 0) is 25.0 Å². The molecule has 1 aliphatic carbocycles. The fraction of sp³-hybridized carbons (Fsp3) is 0.455. The summed E-state index contributed by atoms with van der Waals surface area (Å²) in [5, 5.41) is 0. The Bertz CT molecular complexity index is 270. The van der Waals surface area contributed by atoms with E-state index in [1.54, 1.807) is 0 Å². The van der Waals surface area contributed by atoms with Gasteiger partial charge in [0.2, 0.25) is 0 Å². The third kappa shape index (κ3) is 2.63. The highest BCUT2D eigenvalue weighted by Crippen LogP contribution is 2.29. The molecule has 0 bridgehead atoms. The third-order valence-corrected chi connectivity index (χ3v) is 2.51. The highest BCUT2D eigenvalue weighted by atomic mass is 35.5. The van der Waals surface area contributed by atoms with E-state index in [1.165, 1.54) is 12.8 Å². The second kappa shape index (κ2) is 4.67. The molecule has 2 N–H and O–H groups in total. The molecule has 0 saturated heterocycles. The lowest BCUT2D eigenvalue weighted by atomic mass is 10.2. The van der Waals surface area contributed by atoms with Gasteiger partial charge in [0.15, 0.2) is 5.72 Å². The predicted octanol–water partition coefficient (Wildman–Crippen LogP) is 2.72. The molecule has 2 nitrogen and oxygen atoms in total. The second-order valence-corrected chi connectivity index (χ2v) is 3.69. The summed E-state index contributed by atoms with van der Waals surface area (Å²) >= 11 is 0. The molecule has 14 heavy (non-hydrogen) atoms. The molecule has 78 valence electrons. The first-order chi connectivity index (χ1) is 6.29. The van der Waals surface area contributed by atoms with Gasteiger partial charge in [-0.3, -0.25) is 5.73 Å². The van der Waals surface area contributed by atoms with Gasteiger partial charge in [0.25, 0.3) is 0 Å². The summed E-state index contributed by atoms with van der Waals surface area (Å²) in [5.74, 6) is 0.881. The van der Waals surface area contributed by atoms with E-state index in [2.05, 4.69) is 0 Å². The molecule has 0 spiro atoms. The van der Waals surface area contributed by atoms with Crippen molar-refractivity contribution in [3.05, 3.63) is 30.3 Å². The minimum absolute atomic E-state index is 0. The lowest BCUT2D eigenvalue weighted by molar-refractivity contribution is 0.0835. The zero-order chi connectivity index (χ0) is 9.15. The Morgan fingerprint density at radius 3 is 2.21 bits per heavy atom. The van der Waals surface area contributed by atoms with E-state index in [0.29, 0.717) is 0 Å². The van der Waals surface area contributed by atoms with Crippen LogP contribution in [-0.2, 0) is 0 Å². The SMILES string of the molecule is Cl.NC1(Oc2ccccc2)CCCC1. The minimum Gasteiger partial charge on any atom is -0.473 e. The summed E-state index contributed by atoms with van der Waals surface area (Å²) in [6.07, 6.45) is 4.32. The van der Waals surface area contributed by atoms with Gasteiger partial charge in [0.05, 0.1) is 0 Å². The fourth-order valence-electron chi connectivity index (χ4n) is 1.80. The molecule has 3 heteroatoms. The van der Waals surface area contributed by atoms with Crippen LogP contribution in [0.3, 0.4) is 0 Å². The molecule has 0 radical (unpaired) electrons. The Hall–Kier alpha value is -0.730. The number of ether oxygens (including phenoxy) is 1. The van der Waals surface area contributed by atoms with Crippen molar-refractivity contribution in [1.29, 1.82) is 0 Å². The van der Waals surface area contributed by atoms with Gasteiger partial charge in [-0.1, -0.05) is 18.2 Å². The highest BCUT2D eigenvalue weighted by Gasteiger charge is 2.31.